The van der Waals surface area contributed by atoms with Gasteiger partial charge < -0.3 is 0 Å². The maximum atomic E-state index is 12.6. The summed E-state index contributed by atoms with van der Waals surface area (Å²) in [4.78, 5) is 0. The summed E-state index contributed by atoms with van der Waals surface area (Å²) in [6.45, 7) is 1.86. The third kappa shape index (κ3) is 4.77. The van der Waals surface area contributed by atoms with E-state index in [2.05, 4.69) is 25.8 Å². The molecule has 0 aliphatic rings. The van der Waals surface area contributed by atoms with Gasteiger partial charge in [-0.3, -0.25) is 4.68 Å². The number of nitrogens with zero attached hydrogens (tertiary/aromatic N) is 2. The van der Waals surface area contributed by atoms with Gasteiger partial charge in [0.2, 0.25) is 10.0 Å². The number of hydrogen-bond acceptors (Lipinski definition) is 3. The van der Waals surface area contributed by atoms with Crippen LogP contribution < -0.4 is 4.72 Å². The van der Waals surface area contributed by atoms with E-state index in [4.69, 9.17) is 0 Å². The van der Waals surface area contributed by atoms with Gasteiger partial charge in [0.05, 0.1) is 16.4 Å². The highest BCUT2D eigenvalue weighted by molar-refractivity contribution is 9.10. The fraction of sp³-hybridized carbons (Fsp3) is 0.667. The van der Waals surface area contributed by atoms with Gasteiger partial charge in [-0.2, -0.15) is 18.3 Å². The lowest BCUT2D eigenvalue weighted by atomic mass is 10.3. The zero-order valence-electron chi connectivity index (χ0n) is 10.3. The Bertz CT molecular complexity index is 554. The molecule has 0 unspecified atom stereocenters. The van der Waals surface area contributed by atoms with Crippen LogP contribution in [0.2, 0.25) is 0 Å². The molecular weight excluding hydrogens is 351 g/mol. The fourth-order valence-electron chi connectivity index (χ4n) is 1.41. The van der Waals surface area contributed by atoms with E-state index in [0.29, 0.717) is 12.1 Å². The number of sulfonamides is 1. The van der Waals surface area contributed by atoms with Crippen LogP contribution in [0.3, 0.4) is 0 Å². The average molecular weight is 364 g/mol. The topological polar surface area (TPSA) is 64.0 Å². The summed E-state index contributed by atoms with van der Waals surface area (Å²) in [6, 6.07) is 0. The quantitative estimate of drug-likeness (QED) is 0.812. The van der Waals surface area contributed by atoms with Crippen molar-refractivity contribution in [1.29, 1.82) is 0 Å². The van der Waals surface area contributed by atoms with Crippen LogP contribution in [0, 0.1) is 6.92 Å². The fourth-order valence-corrected chi connectivity index (χ4v) is 2.43. The summed E-state index contributed by atoms with van der Waals surface area (Å²) in [7, 11) is -3.28. The highest BCUT2D eigenvalue weighted by Crippen LogP contribution is 2.35. The molecule has 0 bridgehead atoms. The minimum atomic E-state index is -4.51. The normalized spacial score (nSPS) is 12.9. The first-order chi connectivity index (χ1) is 8.52. The van der Waals surface area contributed by atoms with Gasteiger partial charge in [0.1, 0.15) is 0 Å². The van der Waals surface area contributed by atoms with Crippen molar-refractivity contribution in [3.63, 3.8) is 0 Å². The lowest BCUT2D eigenvalue weighted by Gasteiger charge is -2.05. The van der Waals surface area contributed by atoms with Crippen LogP contribution in [-0.4, -0.2) is 31.0 Å². The Kier molecular flexibility index (Phi) is 5.02. The molecule has 110 valence electrons. The largest absolute Gasteiger partial charge is 0.436 e. The van der Waals surface area contributed by atoms with Crippen LogP contribution >= 0.6 is 15.9 Å². The minimum absolute atomic E-state index is 0.0870. The van der Waals surface area contributed by atoms with E-state index in [1.54, 1.807) is 0 Å². The van der Waals surface area contributed by atoms with E-state index in [1.165, 1.54) is 11.6 Å². The first-order valence-corrected chi connectivity index (χ1v) is 7.95. The number of aryl methyl sites for hydroxylation is 1. The molecule has 0 saturated carbocycles. The van der Waals surface area contributed by atoms with Gasteiger partial charge in [-0.1, -0.05) is 0 Å². The molecule has 5 nitrogen and oxygen atoms in total. The van der Waals surface area contributed by atoms with Gasteiger partial charge in [0.15, 0.2) is 5.69 Å². The molecule has 1 aromatic heterocycles. The Morgan fingerprint density at radius 3 is 2.42 bits per heavy atom. The predicted octanol–water partition coefficient (Wildman–Crippen LogP) is 1.91. The molecule has 19 heavy (non-hydrogen) atoms. The van der Waals surface area contributed by atoms with Crippen molar-refractivity contribution in [2.45, 2.75) is 26.1 Å². The van der Waals surface area contributed by atoms with Gasteiger partial charge in [-0.25, -0.2) is 13.1 Å². The SMILES string of the molecule is Cc1c(Br)c(C(F)(F)F)nn1CCCNS(C)(=O)=O. The molecule has 0 aromatic carbocycles. The van der Waals surface area contributed by atoms with Crippen LogP contribution in [0.25, 0.3) is 0 Å². The van der Waals surface area contributed by atoms with E-state index in [1.807, 2.05) is 0 Å². The van der Waals surface area contributed by atoms with Crippen LogP contribution in [0.1, 0.15) is 17.8 Å². The van der Waals surface area contributed by atoms with Crippen LogP contribution in [0.15, 0.2) is 4.47 Å². The highest BCUT2D eigenvalue weighted by Gasteiger charge is 2.37. The zero-order valence-corrected chi connectivity index (χ0v) is 12.7. The number of halogens is 4. The average Bonchev–Trinajstić information content (AvgIpc) is 2.50. The highest BCUT2D eigenvalue weighted by atomic mass is 79.9. The second kappa shape index (κ2) is 5.80. The first kappa shape index (κ1) is 16.4. The predicted molar refractivity (Wildman–Crippen MR) is 67.1 cm³/mol. The Labute approximate surface area is 117 Å². The lowest BCUT2D eigenvalue weighted by Crippen LogP contribution is -2.24. The van der Waals surface area contributed by atoms with Gasteiger partial charge >= 0.3 is 6.18 Å². The van der Waals surface area contributed by atoms with Crippen molar-refractivity contribution in [3.05, 3.63) is 15.9 Å². The maximum Gasteiger partial charge on any atom is 0.436 e. The molecule has 0 radical (unpaired) electrons. The first-order valence-electron chi connectivity index (χ1n) is 5.27. The molecule has 0 aliphatic carbocycles. The van der Waals surface area contributed by atoms with Gasteiger partial charge in [-0.15, -0.1) is 0 Å². The Morgan fingerprint density at radius 2 is 2.00 bits per heavy atom. The van der Waals surface area contributed by atoms with Crippen LogP contribution in [0.5, 0.6) is 0 Å². The Balaban J connectivity index is 2.70. The Morgan fingerprint density at radius 1 is 1.42 bits per heavy atom. The molecule has 10 heteroatoms. The summed E-state index contributed by atoms with van der Waals surface area (Å²) >= 11 is 2.86. The van der Waals surface area contributed by atoms with E-state index >= 15 is 0 Å². The summed E-state index contributed by atoms with van der Waals surface area (Å²) in [5, 5.41) is 3.48. The van der Waals surface area contributed by atoms with E-state index in [9.17, 15) is 21.6 Å². The second-order valence-corrected chi connectivity index (χ2v) is 6.61. The molecule has 1 heterocycles. The molecule has 0 spiro atoms. The summed E-state index contributed by atoms with van der Waals surface area (Å²) < 4.78 is 62.8. The third-order valence-corrected chi connectivity index (χ3v) is 3.99. The lowest BCUT2D eigenvalue weighted by molar-refractivity contribution is -0.142. The molecule has 0 saturated heterocycles. The zero-order chi connectivity index (χ0) is 14.8. The van der Waals surface area contributed by atoms with Crippen molar-refractivity contribution in [1.82, 2.24) is 14.5 Å². The van der Waals surface area contributed by atoms with Crippen LogP contribution in [-0.2, 0) is 22.7 Å². The molecule has 0 amide bonds. The van der Waals surface area contributed by atoms with E-state index < -0.39 is 21.9 Å². The number of rotatable bonds is 5. The monoisotopic (exact) mass is 363 g/mol. The van der Waals surface area contributed by atoms with Gasteiger partial charge in [0, 0.05) is 13.1 Å². The molecule has 0 aliphatic heterocycles. The molecule has 1 N–H and O–H groups in total. The van der Waals surface area contributed by atoms with E-state index in [-0.39, 0.29) is 17.6 Å². The maximum absolute atomic E-state index is 12.6. The molecular formula is C9H13BrF3N3O2S. The van der Waals surface area contributed by atoms with Crippen molar-refractivity contribution in [3.8, 4) is 0 Å². The number of alkyl halides is 3. The second-order valence-electron chi connectivity index (χ2n) is 3.99. The van der Waals surface area contributed by atoms with Gasteiger partial charge in [0.25, 0.3) is 0 Å². The summed E-state index contributed by atoms with van der Waals surface area (Å²) in [5.41, 5.74) is -0.618. The van der Waals surface area contributed by atoms with Crippen molar-refractivity contribution in [2.24, 2.45) is 0 Å². The molecule has 1 aromatic rings. The summed E-state index contributed by atoms with van der Waals surface area (Å²) in [5.74, 6) is 0. The van der Waals surface area contributed by atoms with E-state index in [0.717, 1.165) is 6.26 Å². The molecule has 0 atom stereocenters. The third-order valence-electron chi connectivity index (χ3n) is 2.31. The van der Waals surface area contributed by atoms with Crippen molar-refractivity contribution >= 4 is 26.0 Å². The van der Waals surface area contributed by atoms with Crippen molar-refractivity contribution in [2.75, 3.05) is 12.8 Å². The van der Waals surface area contributed by atoms with Gasteiger partial charge in [-0.05, 0) is 29.3 Å². The number of nitrogens with one attached hydrogen (secondary N) is 1. The smallest absolute Gasteiger partial charge is 0.268 e. The minimum Gasteiger partial charge on any atom is -0.268 e. The van der Waals surface area contributed by atoms with Crippen LogP contribution in [0.4, 0.5) is 13.2 Å². The standard InChI is InChI=1S/C9H13BrF3N3O2S/c1-6-7(10)8(9(11,12)13)15-16(6)5-3-4-14-19(2,17)18/h14H,3-5H2,1-2H3. The number of hydrogen-bond donors (Lipinski definition) is 1. The summed E-state index contributed by atoms with van der Waals surface area (Å²) in [6.07, 6.45) is -3.15. The number of aromatic nitrogens is 2. The van der Waals surface area contributed by atoms with Crippen molar-refractivity contribution < 1.29 is 21.6 Å². The Hall–Kier alpha value is -0.610. The molecule has 1 rings (SSSR count). The molecule has 0 fully saturated rings.